The Labute approximate surface area is 84.5 Å². The minimum Gasteiger partial charge on any atom is -0.303 e. The number of pyridine rings is 1. The van der Waals surface area contributed by atoms with Crippen molar-refractivity contribution in [3.8, 4) is 0 Å². The lowest BCUT2D eigenvalue weighted by Crippen LogP contribution is -1.91. The van der Waals surface area contributed by atoms with Crippen molar-refractivity contribution in [1.82, 2.24) is 4.98 Å². The first kappa shape index (κ1) is 9.78. The minimum absolute atomic E-state index is 0.149. The van der Waals surface area contributed by atoms with E-state index < -0.39 is 0 Å². The van der Waals surface area contributed by atoms with E-state index in [1.165, 1.54) is 6.07 Å². The lowest BCUT2D eigenvalue weighted by molar-refractivity contribution is -0.107. The molecule has 0 saturated carbocycles. The van der Waals surface area contributed by atoms with E-state index in [-0.39, 0.29) is 16.7 Å². The summed E-state index contributed by atoms with van der Waals surface area (Å²) in [5.41, 5.74) is 0.584. The van der Waals surface area contributed by atoms with Gasteiger partial charge >= 0.3 is 0 Å². The summed E-state index contributed by atoms with van der Waals surface area (Å²) in [5, 5.41) is 0.672. The molecule has 0 radical (unpaired) electrons. The Morgan fingerprint density at radius 2 is 2.00 bits per heavy atom. The number of rotatable bonds is 2. The highest BCUT2D eigenvalue weighted by Crippen LogP contribution is 2.25. The van der Waals surface area contributed by atoms with Crippen molar-refractivity contribution in [1.29, 1.82) is 0 Å². The molecule has 0 aliphatic carbocycles. The molecular weight excluding hydrogens is 220 g/mol. The highest BCUT2D eigenvalue weighted by molar-refractivity contribution is 6.42. The first-order valence-electron chi connectivity index (χ1n) is 3.09. The normalized spacial score (nSPS) is 9.92. The number of nitrogens with zero attached hydrogens (tertiary/aromatic N) is 1. The third kappa shape index (κ3) is 2.09. The van der Waals surface area contributed by atoms with Gasteiger partial charge in [-0.25, -0.2) is 4.98 Å². The molecule has 1 aromatic rings. The van der Waals surface area contributed by atoms with Crippen molar-refractivity contribution < 1.29 is 4.79 Å². The van der Waals surface area contributed by atoms with Crippen LogP contribution in [0, 0.1) is 0 Å². The van der Waals surface area contributed by atoms with Gasteiger partial charge in [-0.2, -0.15) is 0 Å². The highest BCUT2D eigenvalue weighted by Gasteiger charge is 2.06. The van der Waals surface area contributed by atoms with Gasteiger partial charge in [-0.05, 0) is 11.6 Å². The zero-order valence-corrected chi connectivity index (χ0v) is 8.12. The quantitative estimate of drug-likeness (QED) is 0.571. The van der Waals surface area contributed by atoms with Gasteiger partial charge in [-0.15, -0.1) is 0 Å². The number of carbonyl (C=O) groups excluding carboxylic acids is 1. The monoisotopic (exact) mass is 223 g/mol. The summed E-state index contributed by atoms with van der Waals surface area (Å²) in [6.45, 7) is 0. The fourth-order valence-corrected chi connectivity index (χ4v) is 1.29. The molecule has 12 heavy (non-hydrogen) atoms. The van der Waals surface area contributed by atoms with Crippen LogP contribution in [0.1, 0.15) is 5.56 Å². The van der Waals surface area contributed by atoms with Gasteiger partial charge in [0.1, 0.15) is 16.6 Å². The Morgan fingerprint density at radius 1 is 1.33 bits per heavy atom. The number of hydrogen-bond donors (Lipinski definition) is 0. The topological polar surface area (TPSA) is 30.0 Å². The van der Waals surface area contributed by atoms with Crippen LogP contribution in [0.4, 0.5) is 0 Å². The third-order valence-electron chi connectivity index (χ3n) is 1.26. The SMILES string of the molecule is O=CCc1cc(Cl)c(Cl)nc1Cl. The highest BCUT2D eigenvalue weighted by atomic mass is 35.5. The fraction of sp³-hybridized carbons (Fsp3) is 0.143. The van der Waals surface area contributed by atoms with Crippen LogP contribution in [0.25, 0.3) is 0 Å². The Balaban J connectivity index is 3.13. The fourth-order valence-electron chi connectivity index (χ4n) is 0.716. The second-order valence-electron chi connectivity index (χ2n) is 2.08. The zero-order chi connectivity index (χ0) is 9.14. The average Bonchev–Trinajstić information content (AvgIpc) is 2.01. The molecule has 0 atom stereocenters. The number of halogens is 3. The average molecular weight is 224 g/mol. The maximum absolute atomic E-state index is 10.2. The van der Waals surface area contributed by atoms with Gasteiger partial charge in [0.15, 0.2) is 0 Å². The molecule has 64 valence electrons. The van der Waals surface area contributed by atoms with E-state index in [0.29, 0.717) is 10.6 Å². The summed E-state index contributed by atoms with van der Waals surface area (Å²) in [4.78, 5) is 13.9. The van der Waals surface area contributed by atoms with E-state index in [1.807, 2.05) is 0 Å². The Bertz CT molecular complexity index is 314. The van der Waals surface area contributed by atoms with E-state index in [9.17, 15) is 4.79 Å². The lowest BCUT2D eigenvalue weighted by atomic mass is 10.2. The predicted octanol–water partition coefficient (Wildman–Crippen LogP) is 2.78. The van der Waals surface area contributed by atoms with E-state index in [2.05, 4.69) is 4.98 Å². The summed E-state index contributed by atoms with van der Waals surface area (Å²) in [6, 6.07) is 1.54. The summed E-state index contributed by atoms with van der Waals surface area (Å²) in [5.74, 6) is 0. The van der Waals surface area contributed by atoms with Crippen molar-refractivity contribution in [2.45, 2.75) is 6.42 Å². The summed E-state index contributed by atoms with van der Waals surface area (Å²) >= 11 is 16.9. The molecule has 0 N–H and O–H groups in total. The molecule has 0 aliphatic rings. The summed E-state index contributed by atoms with van der Waals surface area (Å²) in [6.07, 6.45) is 0.926. The van der Waals surface area contributed by atoms with Crippen LogP contribution in [-0.2, 0) is 11.2 Å². The van der Waals surface area contributed by atoms with Crippen molar-refractivity contribution in [3.05, 3.63) is 27.0 Å². The minimum atomic E-state index is 0.149. The number of aldehydes is 1. The van der Waals surface area contributed by atoms with E-state index >= 15 is 0 Å². The number of aromatic nitrogens is 1. The molecule has 0 aromatic carbocycles. The van der Waals surface area contributed by atoms with Crippen LogP contribution < -0.4 is 0 Å². The molecule has 2 nitrogen and oxygen atoms in total. The Kier molecular flexibility index (Phi) is 3.32. The smallest absolute Gasteiger partial charge is 0.149 e. The molecule has 5 heteroatoms. The molecule has 0 aliphatic heterocycles. The van der Waals surface area contributed by atoms with E-state index in [4.69, 9.17) is 34.8 Å². The van der Waals surface area contributed by atoms with Gasteiger partial charge in [0, 0.05) is 6.42 Å². The van der Waals surface area contributed by atoms with E-state index in [0.717, 1.165) is 6.29 Å². The lowest BCUT2D eigenvalue weighted by Gasteiger charge is -2.00. The zero-order valence-electron chi connectivity index (χ0n) is 5.85. The van der Waals surface area contributed by atoms with Crippen molar-refractivity contribution >= 4 is 41.1 Å². The molecule has 0 fully saturated rings. The van der Waals surface area contributed by atoms with Gasteiger partial charge < -0.3 is 4.79 Å². The molecule has 0 amide bonds. The van der Waals surface area contributed by atoms with Crippen molar-refractivity contribution in [2.24, 2.45) is 0 Å². The maximum Gasteiger partial charge on any atom is 0.149 e. The van der Waals surface area contributed by atoms with Gasteiger partial charge in [0.25, 0.3) is 0 Å². The van der Waals surface area contributed by atoms with Gasteiger partial charge in [0.2, 0.25) is 0 Å². The molecule has 1 rings (SSSR count). The standard InChI is InChI=1S/C7H4Cl3NO/c8-5-3-4(1-2-12)6(9)11-7(5)10/h2-3H,1H2. The number of hydrogen-bond acceptors (Lipinski definition) is 2. The second kappa shape index (κ2) is 4.08. The summed E-state index contributed by atoms with van der Waals surface area (Å²) < 4.78 is 0. The first-order chi connectivity index (χ1) is 5.65. The van der Waals surface area contributed by atoms with Crippen LogP contribution in [-0.4, -0.2) is 11.3 Å². The molecule has 1 heterocycles. The predicted molar refractivity (Wildman–Crippen MR) is 49.0 cm³/mol. The van der Waals surface area contributed by atoms with Crippen LogP contribution in [0.5, 0.6) is 0 Å². The first-order valence-corrected chi connectivity index (χ1v) is 4.22. The molecule has 0 bridgehead atoms. The van der Waals surface area contributed by atoms with Crippen molar-refractivity contribution in [2.75, 3.05) is 0 Å². The molecule has 0 saturated heterocycles. The van der Waals surface area contributed by atoms with Crippen LogP contribution in [0.15, 0.2) is 6.07 Å². The van der Waals surface area contributed by atoms with Crippen LogP contribution in [0.3, 0.4) is 0 Å². The Hall–Kier alpha value is -0.310. The molecule has 1 aromatic heterocycles. The molecule has 0 spiro atoms. The van der Waals surface area contributed by atoms with Gasteiger partial charge in [-0.3, -0.25) is 0 Å². The van der Waals surface area contributed by atoms with E-state index in [1.54, 1.807) is 0 Å². The molecule has 0 unspecified atom stereocenters. The second-order valence-corrected chi connectivity index (χ2v) is 3.20. The Morgan fingerprint density at radius 3 is 2.58 bits per heavy atom. The molecular formula is C7H4Cl3NO. The van der Waals surface area contributed by atoms with Gasteiger partial charge in [-0.1, -0.05) is 34.8 Å². The van der Waals surface area contributed by atoms with Gasteiger partial charge in [0.05, 0.1) is 5.02 Å². The van der Waals surface area contributed by atoms with Crippen LogP contribution in [0.2, 0.25) is 15.3 Å². The number of carbonyl (C=O) groups is 1. The van der Waals surface area contributed by atoms with Crippen LogP contribution >= 0.6 is 34.8 Å². The third-order valence-corrected chi connectivity index (χ3v) is 2.26. The van der Waals surface area contributed by atoms with Crippen molar-refractivity contribution in [3.63, 3.8) is 0 Å². The largest absolute Gasteiger partial charge is 0.303 e. The maximum atomic E-state index is 10.2. The summed E-state index contributed by atoms with van der Waals surface area (Å²) in [7, 11) is 0.